The second-order valence-electron chi connectivity index (χ2n) is 4.38. The summed E-state index contributed by atoms with van der Waals surface area (Å²) < 4.78 is 1.48. The lowest BCUT2D eigenvalue weighted by Crippen LogP contribution is -2.14. The number of hydrogen-bond donors (Lipinski definition) is 0. The molecule has 1 atom stereocenters. The number of nitrogens with zero attached hydrogens (tertiary/aromatic N) is 3. The molecule has 1 unspecified atom stereocenters. The van der Waals surface area contributed by atoms with E-state index in [0.717, 1.165) is 6.42 Å². The minimum Gasteiger partial charge on any atom is -0.299 e. The van der Waals surface area contributed by atoms with Gasteiger partial charge in [0.05, 0.1) is 10.8 Å². The first-order valence-electron chi connectivity index (χ1n) is 6.14. The Bertz CT molecular complexity index is 465. The van der Waals surface area contributed by atoms with Crippen LogP contribution in [0.3, 0.4) is 0 Å². The molecule has 0 aliphatic rings. The first-order chi connectivity index (χ1) is 8.43. The van der Waals surface area contributed by atoms with Crippen molar-refractivity contribution in [1.82, 2.24) is 9.78 Å². The van der Waals surface area contributed by atoms with E-state index in [1.54, 1.807) is 7.05 Å². The van der Waals surface area contributed by atoms with Gasteiger partial charge in [0.25, 0.3) is 0 Å². The zero-order valence-electron chi connectivity index (χ0n) is 11.3. The highest BCUT2D eigenvalue weighted by molar-refractivity contribution is 5.84. The van der Waals surface area contributed by atoms with Gasteiger partial charge in [-0.05, 0) is 19.8 Å². The largest absolute Gasteiger partial charge is 0.314 e. The Morgan fingerprint density at radius 2 is 2.11 bits per heavy atom. The van der Waals surface area contributed by atoms with Crippen molar-refractivity contribution in [1.29, 1.82) is 0 Å². The van der Waals surface area contributed by atoms with Crippen LogP contribution in [0.2, 0.25) is 0 Å². The molecule has 18 heavy (non-hydrogen) atoms. The van der Waals surface area contributed by atoms with Crippen molar-refractivity contribution in [2.45, 2.75) is 46.0 Å². The highest BCUT2D eigenvalue weighted by Crippen LogP contribution is 2.32. The summed E-state index contributed by atoms with van der Waals surface area (Å²) in [6.07, 6.45) is 1.88. The van der Waals surface area contributed by atoms with Crippen LogP contribution in [-0.2, 0) is 18.3 Å². The first-order valence-corrected chi connectivity index (χ1v) is 6.14. The fourth-order valence-corrected chi connectivity index (χ4v) is 2.25. The molecule has 0 aromatic carbocycles. The summed E-state index contributed by atoms with van der Waals surface area (Å²) in [5.74, 6) is -0.514. The normalized spacial score (nSPS) is 12.4. The fourth-order valence-electron chi connectivity index (χ4n) is 2.25. The molecule has 0 radical (unpaired) electrons. The third-order valence-corrected chi connectivity index (χ3v) is 3.03. The summed E-state index contributed by atoms with van der Waals surface area (Å²) in [6, 6.07) is 0. The van der Waals surface area contributed by atoms with E-state index in [0.29, 0.717) is 24.2 Å². The van der Waals surface area contributed by atoms with Crippen LogP contribution < -0.4 is 0 Å². The van der Waals surface area contributed by atoms with Gasteiger partial charge in [0.1, 0.15) is 17.2 Å². The van der Waals surface area contributed by atoms with Crippen LogP contribution in [0.5, 0.6) is 0 Å². The Labute approximate surface area is 106 Å². The number of carbonyl (C=O) groups is 1. The minimum atomic E-state index is -0.450. The number of Topliss-reactive ketones (excluding diaryl/α,β-unsaturated/α-hetero) is 1. The molecule has 1 aromatic heterocycles. The lowest BCUT2D eigenvalue weighted by Gasteiger charge is -2.10. The van der Waals surface area contributed by atoms with Crippen LogP contribution in [-0.4, -0.2) is 20.5 Å². The van der Waals surface area contributed by atoms with Crippen molar-refractivity contribution < 1.29 is 9.72 Å². The third kappa shape index (κ3) is 2.57. The molecule has 1 aromatic rings. The van der Waals surface area contributed by atoms with E-state index in [2.05, 4.69) is 5.10 Å². The smallest absolute Gasteiger partial charge is 0.299 e. The van der Waals surface area contributed by atoms with E-state index in [1.807, 2.05) is 13.8 Å². The molecule has 0 spiro atoms. The van der Waals surface area contributed by atoms with Gasteiger partial charge in [-0.3, -0.25) is 19.6 Å². The van der Waals surface area contributed by atoms with Crippen LogP contribution in [0.15, 0.2) is 0 Å². The van der Waals surface area contributed by atoms with Gasteiger partial charge in [-0.25, -0.2) is 0 Å². The lowest BCUT2D eigenvalue weighted by molar-refractivity contribution is -0.386. The maximum atomic E-state index is 11.6. The molecule has 100 valence electrons. The van der Waals surface area contributed by atoms with Crippen molar-refractivity contribution in [3.8, 4) is 0 Å². The van der Waals surface area contributed by atoms with E-state index in [-0.39, 0.29) is 11.5 Å². The van der Waals surface area contributed by atoms with Crippen molar-refractivity contribution in [3.63, 3.8) is 0 Å². The monoisotopic (exact) mass is 253 g/mol. The number of carbonyl (C=O) groups excluding carboxylic acids is 1. The van der Waals surface area contributed by atoms with Crippen molar-refractivity contribution >= 4 is 11.5 Å². The van der Waals surface area contributed by atoms with Crippen LogP contribution in [0.4, 0.5) is 5.69 Å². The molecule has 6 heteroatoms. The van der Waals surface area contributed by atoms with Crippen molar-refractivity contribution in [2.75, 3.05) is 0 Å². The van der Waals surface area contributed by atoms with Gasteiger partial charge in [-0.15, -0.1) is 0 Å². The number of rotatable bonds is 6. The molecule has 1 heterocycles. The fraction of sp³-hybridized carbons (Fsp3) is 0.667. The summed E-state index contributed by atoms with van der Waals surface area (Å²) in [6.45, 7) is 5.26. The Balaban J connectivity index is 3.41. The molecular formula is C12H19N3O3. The molecule has 0 fully saturated rings. The van der Waals surface area contributed by atoms with Gasteiger partial charge in [0, 0.05) is 7.05 Å². The van der Waals surface area contributed by atoms with Crippen LogP contribution >= 0.6 is 0 Å². The molecule has 0 amide bonds. The van der Waals surface area contributed by atoms with Gasteiger partial charge >= 0.3 is 5.69 Å². The lowest BCUT2D eigenvalue weighted by atomic mass is 9.96. The van der Waals surface area contributed by atoms with Crippen molar-refractivity contribution in [2.24, 2.45) is 7.05 Å². The standard InChI is InChI=1S/C12H19N3O3/c1-5-7-10-12(15(17)18)11(14(4)13-10)9(6-2)8(3)16/h9H,5-7H2,1-4H3. The topological polar surface area (TPSA) is 78.0 Å². The molecule has 0 aliphatic heterocycles. The maximum Gasteiger partial charge on any atom is 0.314 e. The zero-order valence-corrected chi connectivity index (χ0v) is 11.3. The summed E-state index contributed by atoms with van der Waals surface area (Å²) in [5, 5.41) is 15.4. The average molecular weight is 253 g/mol. The number of hydrogen-bond acceptors (Lipinski definition) is 4. The summed E-state index contributed by atoms with van der Waals surface area (Å²) >= 11 is 0. The van der Waals surface area contributed by atoms with E-state index in [1.165, 1.54) is 11.6 Å². The molecule has 0 N–H and O–H groups in total. The molecular weight excluding hydrogens is 234 g/mol. The zero-order chi connectivity index (χ0) is 13.9. The Hall–Kier alpha value is -1.72. The second kappa shape index (κ2) is 5.75. The van der Waals surface area contributed by atoms with E-state index in [9.17, 15) is 14.9 Å². The Kier molecular flexibility index (Phi) is 4.58. The van der Waals surface area contributed by atoms with Gasteiger partial charge < -0.3 is 0 Å². The molecule has 0 aliphatic carbocycles. The van der Waals surface area contributed by atoms with Gasteiger partial charge in [0.15, 0.2) is 0 Å². The van der Waals surface area contributed by atoms with E-state index < -0.39 is 10.8 Å². The second-order valence-corrected chi connectivity index (χ2v) is 4.38. The Morgan fingerprint density at radius 3 is 2.50 bits per heavy atom. The van der Waals surface area contributed by atoms with Gasteiger partial charge in [-0.2, -0.15) is 5.10 Å². The number of ketones is 1. The maximum absolute atomic E-state index is 11.6. The molecule has 0 saturated carbocycles. The predicted molar refractivity (Wildman–Crippen MR) is 67.6 cm³/mol. The van der Waals surface area contributed by atoms with Crippen molar-refractivity contribution in [3.05, 3.63) is 21.5 Å². The summed E-state index contributed by atoms with van der Waals surface area (Å²) in [5.41, 5.74) is 0.916. The highest BCUT2D eigenvalue weighted by Gasteiger charge is 2.32. The van der Waals surface area contributed by atoms with Gasteiger partial charge in [-0.1, -0.05) is 20.3 Å². The predicted octanol–water partition coefficient (Wildman–Crippen LogP) is 2.36. The van der Waals surface area contributed by atoms with Crippen LogP contribution in [0, 0.1) is 10.1 Å². The van der Waals surface area contributed by atoms with E-state index >= 15 is 0 Å². The number of aromatic nitrogens is 2. The van der Waals surface area contributed by atoms with E-state index in [4.69, 9.17) is 0 Å². The quantitative estimate of drug-likeness (QED) is 0.576. The first kappa shape index (κ1) is 14.3. The highest BCUT2D eigenvalue weighted by atomic mass is 16.6. The minimum absolute atomic E-state index is 0.0152. The summed E-state index contributed by atoms with van der Waals surface area (Å²) in [7, 11) is 1.66. The molecule has 0 bridgehead atoms. The van der Waals surface area contributed by atoms with Crippen LogP contribution in [0.25, 0.3) is 0 Å². The molecule has 0 saturated heterocycles. The number of nitro groups is 1. The third-order valence-electron chi connectivity index (χ3n) is 3.03. The van der Waals surface area contributed by atoms with Gasteiger partial charge in [0.2, 0.25) is 0 Å². The SMILES string of the molecule is CCCc1nn(C)c(C(CC)C(C)=O)c1[N+](=O)[O-]. The average Bonchev–Trinajstić information content (AvgIpc) is 2.57. The van der Waals surface area contributed by atoms with Crippen LogP contribution in [0.1, 0.15) is 50.9 Å². The molecule has 6 nitrogen and oxygen atoms in total. The Morgan fingerprint density at radius 1 is 1.50 bits per heavy atom. The number of aryl methyl sites for hydroxylation is 2. The molecule has 1 rings (SSSR count). The summed E-state index contributed by atoms with van der Waals surface area (Å²) in [4.78, 5) is 22.4.